The Morgan fingerprint density at radius 3 is 2.53 bits per heavy atom. The summed E-state index contributed by atoms with van der Waals surface area (Å²) >= 11 is 0. The molecule has 0 unspecified atom stereocenters. The van der Waals surface area contributed by atoms with Crippen LogP contribution in [0.2, 0.25) is 0 Å². The summed E-state index contributed by atoms with van der Waals surface area (Å²) in [6.07, 6.45) is 2.49. The first-order valence-corrected chi connectivity index (χ1v) is 7.73. The minimum absolute atomic E-state index is 0.194. The van der Waals surface area contributed by atoms with Gasteiger partial charge in [-0.05, 0) is 37.0 Å². The van der Waals surface area contributed by atoms with Gasteiger partial charge in [0.25, 0.3) is 0 Å². The molecule has 4 heteroatoms. The predicted molar refractivity (Wildman–Crippen MR) is 72.9 cm³/mol. The van der Waals surface area contributed by atoms with Crippen LogP contribution in [0.3, 0.4) is 0 Å². The van der Waals surface area contributed by atoms with Crippen LogP contribution < -0.4 is 4.72 Å². The van der Waals surface area contributed by atoms with Crippen LogP contribution in [0.15, 0.2) is 18.2 Å². The summed E-state index contributed by atoms with van der Waals surface area (Å²) < 4.78 is 26.3. The van der Waals surface area contributed by atoms with Gasteiger partial charge in [-0.3, -0.25) is 4.72 Å². The van der Waals surface area contributed by atoms with Crippen molar-refractivity contribution < 1.29 is 8.42 Å². The van der Waals surface area contributed by atoms with Gasteiger partial charge in [0.1, 0.15) is 0 Å². The Kier molecular flexibility index (Phi) is 5.00. The van der Waals surface area contributed by atoms with Gasteiger partial charge in [0.2, 0.25) is 10.0 Å². The topological polar surface area (TPSA) is 46.2 Å². The maximum absolute atomic E-state index is 11.8. The molecule has 0 amide bonds. The average molecular weight is 255 g/mol. The molecule has 0 aromatic heterocycles. The fourth-order valence-corrected chi connectivity index (χ4v) is 2.88. The van der Waals surface area contributed by atoms with Crippen LogP contribution >= 0.6 is 0 Å². The molecule has 1 aromatic rings. The maximum Gasteiger partial charge on any atom is 0.232 e. The minimum atomic E-state index is -3.19. The number of nitrogens with one attached hydrogen (secondary N) is 1. The van der Waals surface area contributed by atoms with Crippen molar-refractivity contribution in [2.45, 2.75) is 40.0 Å². The molecule has 96 valence electrons. The number of benzene rings is 1. The van der Waals surface area contributed by atoms with Gasteiger partial charge in [-0.1, -0.05) is 32.4 Å². The zero-order valence-electron chi connectivity index (χ0n) is 10.8. The molecule has 0 heterocycles. The molecule has 0 aliphatic rings. The maximum atomic E-state index is 11.8. The average Bonchev–Trinajstić information content (AvgIpc) is 2.29. The lowest BCUT2D eigenvalue weighted by Gasteiger charge is -2.11. The third-order valence-corrected chi connectivity index (χ3v) is 4.10. The molecular formula is C13H21NO2S. The van der Waals surface area contributed by atoms with Gasteiger partial charge < -0.3 is 0 Å². The van der Waals surface area contributed by atoms with Crippen molar-refractivity contribution in [1.82, 2.24) is 0 Å². The third-order valence-electron chi connectivity index (χ3n) is 2.74. The smallest absolute Gasteiger partial charge is 0.232 e. The van der Waals surface area contributed by atoms with Crippen LogP contribution in [0.25, 0.3) is 0 Å². The summed E-state index contributed by atoms with van der Waals surface area (Å²) in [5.74, 6) is 0.194. The van der Waals surface area contributed by atoms with Crippen molar-refractivity contribution in [2.24, 2.45) is 0 Å². The Hall–Kier alpha value is -1.03. The van der Waals surface area contributed by atoms with E-state index < -0.39 is 10.0 Å². The first-order chi connectivity index (χ1) is 7.98. The second kappa shape index (κ2) is 6.05. The molecule has 3 nitrogen and oxygen atoms in total. The quantitative estimate of drug-likeness (QED) is 0.849. The lowest BCUT2D eigenvalue weighted by atomic mass is 10.1. The standard InChI is InChI=1S/C13H21NO2S/c1-4-6-9-17(15,16)14-13-10-12(5-2)8-7-11(13)3/h7-8,10,14H,4-6,9H2,1-3H3. The van der Waals surface area contributed by atoms with Gasteiger partial charge in [-0.25, -0.2) is 8.42 Å². The highest BCUT2D eigenvalue weighted by atomic mass is 32.2. The third kappa shape index (κ3) is 4.38. The molecule has 0 aliphatic heterocycles. The SMILES string of the molecule is CCCCS(=O)(=O)Nc1cc(CC)ccc1C. The predicted octanol–water partition coefficient (Wildman–Crippen LogP) is 3.10. The van der Waals surface area contributed by atoms with Crippen LogP contribution in [0.5, 0.6) is 0 Å². The lowest BCUT2D eigenvalue weighted by Crippen LogP contribution is -2.17. The second-order valence-corrected chi connectivity index (χ2v) is 6.12. The Morgan fingerprint density at radius 1 is 1.24 bits per heavy atom. The van der Waals surface area contributed by atoms with Crippen molar-refractivity contribution in [3.8, 4) is 0 Å². The van der Waals surface area contributed by atoms with Crippen molar-refractivity contribution in [3.05, 3.63) is 29.3 Å². The molecule has 0 spiro atoms. The largest absolute Gasteiger partial charge is 0.283 e. The van der Waals surface area contributed by atoms with E-state index >= 15 is 0 Å². The summed E-state index contributed by atoms with van der Waals surface area (Å²) in [7, 11) is -3.19. The Bertz CT molecular complexity index is 466. The van der Waals surface area contributed by atoms with E-state index in [9.17, 15) is 8.42 Å². The highest BCUT2D eigenvalue weighted by Crippen LogP contribution is 2.19. The van der Waals surface area contributed by atoms with Crippen LogP contribution in [0, 0.1) is 6.92 Å². The summed E-state index contributed by atoms with van der Waals surface area (Å²) in [6.45, 7) is 5.95. The van der Waals surface area contributed by atoms with E-state index in [0.29, 0.717) is 12.1 Å². The highest BCUT2D eigenvalue weighted by molar-refractivity contribution is 7.92. The van der Waals surface area contributed by atoms with Crippen molar-refractivity contribution in [3.63, 3.8) is 0 Å². The van der Waals surface area contributed by atoms with Gasteiger partial charge in [-0.15, -0.1) is 0 Å². The molecule has 1 aromatic carbocycles. The van der Waals surface area contributed by atoms with Gasteiger partial charge in [0.05, 0.1) is 11.4 Å². The summed E-state index contributed by atoms with van der Waals surface area (Å²) in [4.78, 5) is 0. The number of hydrogen-bond donors (Lipinski definition) is 1. The van der Waals surface area contributed by atoms with Crippen LogP contribution in [0.1, 0.15) is 37.8 Å². The molecule has 0 bridgehead atoms. The Labute approximate surface area is 104 Å². The van der Waals surface area contributed by atoms with Crippen molar-refractivity contribution >= 4 is 15.7 Å². The normalized spacial score (nSPS) is 11.5. The monoisotopic (exact) mass is 255 g/mol. The molecule has 0 aliphatic carbocycles. The Balaban J connectivity index is 2.87. The Morgan fingerprint density at radius 2 is 1.94 bits per heavy atom. The number of unbranched alkanes of at least 4 members (excludes halogenated alkanes) is 1. The van der Waals surface area contributed by atoms with Gasteiger partial charge in [0.15, 0.2) is 0 Å². The number of rotatable bonds is 6. The molecular weight excluding hydrogens is 234 g/mol. The molecule has 1 N–H and O–H groups in total. The van der Waals surface area contributed by atoms with Gasteiger partial charge >= 0.3 is 0 Å². The van der Waals surface area contributed by atoms with Crippen molar-refractivity contribution in [2.75, 3.05) is 10.5 Å². The molecule has 0 saturated heterocycles. The summed E-state index contributed by atoms with van der Waals surface area (Å²) in [6, 6.07) is 5.90. The lowest BCUT2D eigenvalue weighted by molar-refractivity contribution is 0.598. The highest BCUT2D eigenvalue weighted by Gasteiger charge is 2.11. The molecule has 0 radical (unpaired) electrons. The van der Waals surface area contributed by atoms with Crippen molar-refractivity contribution in [1.29, 1.82) is 0 Å². The van der Waals surface area contributed by atoms with E-state index in [2.05, 4.69) is 11.6 Å². The van der Waals surface area contributed by atoms with E-state index in [0.717, 1.165) is 24.0 Å². The molecule has 0 saturated carbocycles. The number of anilines is 1. The first kappa shape index (κ1) is 14.0. The zero-order valence-corrected chi connectivity index (χ0v) is 11.6. The van der Waals surface area contributed by atoms with Crippen LogP contribution in [-0.2, 0) is 16.4 Å². The molecule has 0 atom stereocenters. The number of aryl methyl sites for hydroxylation is 2. The second-order valence-electron chi connectivity index (χ2n) is 4.28. The summed E-state index contributed by atoms with van der Waals surface area (Å²) in [5, 5.41) is 0. The zero-order chi connectivity index (χ0) is 12.9. The number of sulfonamides is 1. The molecule has 1 rings (SSSR count). The minimum Gasteiger partial charge on any atom is -0.283 e. The fourth-order valence-electron chi connectivity index (χ4n) is 1.55. The van der Waals surface area contributed by atoms with E-state index in [1.54, 1.807) is 0 Å². The van der Waals surface area contributed by atoms with Gasteiger partial charge in [-0.2, -0.15) is 0 Å². The van der Waals surface area contributed by atoms with Crippen LogP contribution in [-0.4, -0.2) is 14.2 Å². The van der Waals surface area contributed by atoms with Crippen LogP contribution in [0.4, 0.5) is 5.69 Å². The number of hydrogen-bond acceptors (Lipinski definition) is 2. The van der Waals surface area contributed by atoms with E-state index in [1.807, 2.05) is 32.0 Å². The van der Waals surface area contributed by atoms with E-state index in [-0.39, 0.29) is 5.75 Å². The molecule has 17 heavy (non-hydrogen) atoms. The van der Waals surface area contributed by atoms with E-state index in [4.69, 9.17) is 0 Å². The van der Waals surface area contributed by atoms with E-state index in [1.165, 1.54) is 0 Å². The fraction of sp³-hybridized carbons (Fsp3) is 0.538. The van der Waals surface area contributed by atoms with Gasteiger partial charge in [0, 0.05) is 0 Å². The first-order valence-electron chi connectivity index (χ1n) is 6.08. The molecule has 0 fully saturated rings. The summed E-state index contributed by atoms with van der Waals surface area (Å²) in [5.41, 5.74) is 2.81.